The van der Waals surface area contributed by atoms with Crippen LogP contribution in [-0.4, -0.2) is 77.9 Å². The number of amides is 1. The fourth-order valence-corrected chi connectivity index (χ4v) is 4.60. The van der Waals surface area contributed by atoms with E-state index in [4.69, 9.17) is 5.53 Å². The van der Waals surface area contributed by atoms with E-state index in [1.165, 1.54) is 12.3 Å². The van der Waals surface area contributed by atoms with Crippen molar-refractivity contribution in [2.45, 2.75) is 13.8 Å². The molecular weight excluding hydrogens is 504 g/mol. The molecule has 2 heterocycles. The molecule has 1 aliphatic heterocycles. The van der Waals surface area contributed by atoms with E-state index in [1.54, 1.807) is 24.3 Å². The van der Waals surface area contributed by atoms with E-state index < -0.39 is 17.2 Å². The highest BCUT2D eigenvalue weighted by atomic mass is 19.2. The minimum Gasteiger partial charge on any atom is -0.360 e. The zero-order chi connectivity index (χ0) is 27.9. The van der Waals surface area contributed by atoms with Crippen LogP contribution in [0.25, 0.3) is 16.6 Å². The Balaban J connectivity index is 1.38. The van der Waals surface area contributed by atoms with Crippen molar-refractivity contribution < 1.29 is 13.6 Å². The molecule has 3 N–H and O–H groups in total. The molecule has 0 atom stereocenters. The first-order chi connectivity index (χ1) is 18.8. The number of aromatic nitrogens is 1. The number of hydrogen-bond donors (Lipinski definition) is 3. The molecule has 39 heavy (non-hydrogen) atoms. The van der Waals surface area contributed by atoms with Gasteiger partial charge in [-0.3, -0.25) is 14.5 Å². The van der Waals surface area contributed by atoms with Gasteiger partial charge in [-0.25, -0.2) is 14.3 Å². The largest absolute Gasteiger partial charge is 0.360 e. The summed E-state index contributed by atoms with van der Waals surface area (Å²) in [6.45, 7) is 11.5. The molecule has 206 valence electrons. The van der Waals surface area contributed by atoms with E-state index in [2.05, 4.69) is 39.1 Å². The Morgan fingerprint density at radius 2 is 1.74 bits per heavy atom. The second-order valence-electron chi connectivity index (χ2n) is 9.39. The number of nitrogens with zero attached hydrogens (tertiary/aromatic N) is 4. The minimum atomic E-state index is -1.07. The predicted molar refractivity (Wildman–Crippen MR) is 148 cm³/mol. The highest BCUT2D eigenvalue weighted by molar-refractivity contribution is 5.94. The lowest BCUT2D eigenvalue weighted by atomic mass is 10.1. The zero-order valence-electron chi connectivity index (χ0n) is 22.1. The number of rotatable bonds is 10. The molecule has 3 aromatic rings. The van der Waals surface area contributed by atoms with Gasteiger partial charge in [0.05, 0.1) is 11.1 Å². The van der Waals surface area contributed by atoms with E-state index in [9.17, 15) is 18.4 Å². The van der Waals surface area contributed by atoms with Crippen LogP contribution < -0.4 is 10.9 Å². The van der Waals surface area contributed by atoms with Crippen molar-refractivity contribution in [2.24, 2.45) is 5.11 Å². The van der Waals surface area contributed by atoms with Crippen LogP contribution in [0.2, 0.25) is 0 Å². The van der Waals surface area contributed by atoms with Gasteiger partial charge in [-0.2, -0.15) is 5.11 Å². The van der Waals surface area contributed by atoms with Gasteiger partial charge in [0.2, 0.25) is 0 Å². The maximum atomic E-state index is 13.7. The fourth-order valence-electron chi connectivity index (χ4n) is 4.60. The zero-order valence-corrected chi connectivity index (χ0v) is 22.1. The number of carbonyl (C=O) groups excluding carboxylic acids is 1. The summed E-state index contributed by atoms with van der Waals surface area (Å²) in [5, 5.41) is 6.66. The predicted octanol–water partition coefficient (Wildman–Crippen LogP) is 4.35. The number of piperazine rings is 1. The van der Waals surface area contributed by atoms with Crippen LogP contribution in [-0.2, 0) is 0 Å². The standard InChI is InChI=1S/C28H33F2N7O2/c1-3-35(4-2)9-10-36-11-13-37(14-12-36)28(39)19-5-7-21(8-6-19)32-18-26(34-31)22-15-20-16-23(29)24(30)17-25(20)33-27(22)38/h5-8,15-18,31-32H,3-4,9-14H2,1-2H3,(H,33,38)/b26-18-,34-31?. The van der Waals surface area contributed by atoms with E-state index in [0.29, 0.717) is 24.3 Å². The maximum Gasteiger partial charge on any atom is 0.258 e. The average molecular weight is 538 g/mol. The summed E-state index contributed by atoms with van der Waals surface area (Å²) in [6.07, 6.45) is 1.37. The Hall–Kier alpha value is -3.96. The SMILES string of the molecule is CCN(CC)CCN1CCN(C(=O)c2ccc(N/C=C(\N=N)c3cc4cc(F)c(F)cc4[nH]c3=O)cc2)CC1. The Morgan fingerprint density at radius 1 is 1.08 bits per heavy atom. The second-order valence-corrected chi connectivity index (χ2v) is 9.39. The van der Waals surface area contributed by atoms with Gasteiger partial charge in [-0.05, 0) is 49.5 Å². The third-order valence-electron chi connectivity index (χ3n) is 7.08. The lowest BCUT2D eigenvalue weighted by Crippen LogP contribution is -2.50. The number of aromatic amines is 1. The Labute approximate surface area is 225 Å². The van der Waals surface area contributed by atoms with Crippen molar-refractivity contribution in [3.05, 3.63) is 81.8 Å². The number of fused-ring (bicyclic) bond motifs is 1. The first-order valence-corrected chi connectivity index (χ1v) is 13.0. The van der Waals surface area contributed by atoms with Crippen LogP contribution >= 0.6 is 0 Å². The third kappa shape index (κ3) is 6.73. The molecule has 0 radical (unpaired) electrons. The van der Waals surface area contributed by atoms with Gasteiger partial charge in [0.1, 0.15) is 5.70 Å². The van der Waals surface area contributed by atoms with E-state index in [-0.39, 0.29) is 28.1 Å². The molecule has 0 saturated carbocycles. The number of nitrogens with one attached hydrogen (secondary N) is 3. The Bertz CT molecular complexity index is 1410. The molecule has 0 bridgehead atoms. The summed E-state index contributed by atoms with van der Waals surface area (Å²) in [7, 11) is 0. The van der Waals surface area contributed by atoms with E-state index >= 15 is 0 Å². The summed E-state index contributed by atoms with van der Waals surface area (Å²) in [5.41, 5.74) is 8.28. The number of anilines is 1. The topological polar surface area (TPSA) is 108 Å². The summed E-state index contributed by atoms with van der Waals surface area (Å²) >= 11 is 0. The summed E-state index contributed by atoms with van der Waals surface area (Å²) in [6, 6.07) is 10.1. The molecule has 1 aliphatic rings. The van der Waals surface area contributed by atoms with E-state index in [0.717, 1.165) is 51.4 Å². The van der Waals surface area contributed by atoms with Crippen LogP contribution in [0.4, 0.5) is 14.5 Å². The van der Waals surface area contributed by atoms with Crippen LogP contribution in [0.15, 0.2) is 58.6 Å². The van der Waals surface area contributed by atoms with Crippen LogP contribution in [0, 0.1) is 17.2 Å². The molecule has 0 spiro atoms. The average Bonchev–Trinajstić information content (AvgIpc) is 2.95. The normalized spacial score (nSPS) is 14.7. The molecular formula is C28H33F2N7O2. The molecule has 2 aromatic carbocycles. The fraction of sp³-hybridized carbons (Fsp3) is 0.357. The van der Waals surface area contributed by atoms with Gasteiger partial charge < -0.3 is 20.1 Å². The molecule has 0 unspecified atom stereocenters. The van der Waals surface area contributed by atoms with Crippen LogP contribution in [0.1, 0.15) is 29.8 Å². The highest BCUT2D eigenvalue weighted by Gasteiger charge is 2.22. The van der Waals surface area contributed by atoms with Gasteiger partial charge in [0.15, 0.2) is 11.6 Å². The highest BCUT2D eigenvalue weighted by Crippen LogP contribution is 2.21. The van der Waals surface area contributed by atoms with Crippen molar-refractivity contribution in [3.63, 3.8) is 0 Å². The number of likely N-dealkylation sites (N-methyl/N-ethyl adjacent to an activating group) is 1. The molecule has 4 rings (SSSR count). The monoisotopic (exact) mass is 537 g/mol. The van der Waals surface area contributed by atoms with Crippen molar-refractivity contribution >= 4 is 28.2 Å². The number of H-pyrrole nitrogens is 1. The smallest absolute Gasteiger partial charge is 0.258 e. The molecule has 1 amide bonds. The first kappa shape index (κ1) is 28.1. The van der Waals surface area contributed by atoms with Crippen LogP contribution in [0.5, 0.6) is 0 Å². The second kappa shape index (κ2) is 12.7. The lowest BCUT2D eigenvalue weighted by molar-refractivity contribution is 0.0625. The van der Waals surface area contributed by atoms with Crippen molar-refractivity contribution in [2.75, 3.05) is 57.7 Å². The molecule has 1 fully saturated rings. The number of benzene rings is 2. The quantitative estimate of drug-likeness (QED) is 0.334. The molecule has 1 aromatic heterocycles. The number of carbonyl (C=O) groups is 1. The maximum absolute atomic E-state index is 13.7. The third-order valence-corrected chi connectivity index (χ3v) is 7.08. The Kier molecular flexibility index (Phi) is 9.15. The lowest BCUT2D eigenvalue weighted by Gasteiger charge is -2.35. The van der Waals surface area contributed by atoms with E-state index in [1.807, 2.05) is 4.90 Å². The van der Waals surface area contributed by atoms with Crippen LogP contribution in [0.3, 0.4) is 0 Å². The summed E-state index contributed by atoms with van der Waals surface area (Å²) in [4.78, 5) is 34.6. The van der Waals surface area contributed by atoms with Crippen molar-refractivity contribution in [1.82, 2.24) is 19.7 Å². The number of hydrogen-bond acceptors (Lipinski definition) is 7. The summed E-state index contributed by atoms with van der Waals surface area (Å²) < 4.78 is 27.2. The molecule has 0 aliphatic carbocycles. The molecule has 1 saturated heterocycles. The van der Waals surface area contributed by atoms with Crippen molar-refractivity contribution in [1.29, 1.82) is 5.53 Å². The van der Waals surface area contributed by atoms with Crippen molar-refractivity contribution in [3.8, 4) is 0 Å². The van der Waals surface area contributed by atoms with Gasteiger partial charge in [-0.15, -0.1) is 0 Å². The first-order valence-electron chi connectivity index (χ1n) is 13.0. The number of halogens is 2. The number of pyridine rings is 1. The Morgan fingerprint density at radius 3 is 2.38 bits per heavy atom. The minimum absolute atomic E-state index is 0.00176. The summed E-state index contributed by atoms with van der Waals surface area (Å²) in [5.74, 6) is -2.13. The van der Waals surface area contributed by atoms with Gasteiger partial charge in [0.25, 0.3) is 11.5 Å². The molecule has 9 nitrogen and oxygen atoms in total. The van der Waals surface area contributed by atoms with Gasteiger partial charge >= 0.3 is 0 Å². The van der Waals surface area contributed by atoms with Gasteiger partial charge in [0, 0.05) is 68.2 Å². The molecule has 11 heteroatoms. The van der Waals surface area contributed by atoms with Gasteiger partial charge in [-0.1, -0.05) is 13.8 Å².